The van der Waals surface area contributed by atoms with Crippen molar-refractivity contribution in [2.75, 3.05) is 13.1 Å². The Balaban J connectivity index is 1.51. The maximum atomic E-state index is 13.0. The Bertz CT molecular complexity index is 1150. The average molecular weight is 394 g/mol. The number of rotatable bonds is 4. The SMILES string of the molecule is O=C(Cc1ccc(F)cc1)N1CC[C@H](c2nc(-c3ccc[nH]c3=O)cc(=O)[nH]2)C1. The van der Waals surface area contributed by atoms with Gasteiger partial charge in [0, 0.05) is 31.3 Å². The molecule has 0 unspecified atom stereocenters. The monoisotopic (exact) mass is 394 g/mol. The number of benzene rings is 1. The van der Waals surface area contributed by atoms with Gasteiger partial charge in [-0.05, 0) is 36.2 Å². The first kappa shape index (κ1) is 18.8. The maximum Gasteiger partial charge on any atom is 0.257 e. The summed E-state index contributed by atoms with van der Waals surface area (Å²) in [5.74, 6) is -0.0536. The molecule has 8 heteroatoms. The summed E-state index contributed by atoms with van der Waals surface area (Å²) >= 11 is 0. The zero-order valence-corrected chi connectivity index (χ0v) is 15.5. The molecule has 3 heterocycles. The number of carbonyl (C=O) groups is 1. The lowest BCUT2D eigenvalue weighted by Gasteiger charge is -2.16. The van der Waals surface area contributed by atoms with E-state index in [-0.39, 0.29) is 35.2 Å². The predicted molar refractivity (Wildman–Crippen MR) is 105 cm³/mol. The van der Waals surface area contributed by atoms with E-state index in [9.17, 15) is 18.8 Å². The second-order valence-electron chi connectivity index (χ2n) is 7.06. The number of likely N-dealkylation sites (tertiary alicyclic amines) is 1. The van der Waals surface area contributed by atoms with E-state index in [1.165, 1.54) is 24.4 Å². The quantitative estimate of drug-likeness (QED) is 0.705. The van der Waals surface area contributed by atoms with Crippen molar-refractivity contribution in [1.29, 1.82) is 0 Å². The number of hydrogen-bond donors (Lipinski definition) is 2. The van der Waals surface area contributed by atoms with Gasteiger partial charge in [0.15, 0.2) is 0 Å². The molecule has 1 amide bonds. The van der Waals surface area contributed by atoms with Crippen molar-refractivity contribution >= 4 is 5.91 Å². The van der Waals surface area contributed by atoms with Crippen LogP contribution in [0.3, 0.4) is 0 Å². The number of carbonyl (C=O) groups excluding carboxylic acids is 1. The van der Waals surface area contributed by atoms with Crippen molar-refractivity contribution < 1.29 is 9.18 Å². The van der Waals surface area contributed by atoms with E-state index < -0.39 is 0 Å². The van der Waals surface area contributed by atoms with Gasteiger partial charge in [0.05, 0.1) is 17.7 Å². The van der Waals surface area contributed by atoms with Gasteiger partial charge in [0.2, 0.25) is 5.91 Å². The zero-order chi connectivity index (χ0) is 20.4. The number of hydrogen-bond acceptors (Lipinski definition) is 4. The normalized spacial score (nSPS) is 16.2. The van der Waals surface area contributed by atoms with Gasteiger partial charge >= 0.3 is 0 Å². The number of nitrogens with one attached hydrogen (secondary N) is 2. The Morgan fingerprint density at radius 2 is 2.00 bits per heavy atom. The number of H-pyrrole nitrogens is 2. The van der Waals surface area contributed by atoms with Gasteiger partial charge in [-0.3, -0.25) is 14.4 Å². The molecule has 29 heavy (non-hydrogen) atoms. The van der Waals surface area contributed by atoms with E-state index in [0.717, 1.165) is 5.56 Å². The first-order valence-corrected chi connectivity index (χ1v) is 9.31. The lowest BCUT2D eigenvalue weighted by molar-refractivity contribution is -0.129. The number of nitrogens with zero attached hydrogens (tertiary/aromatic N) is 2. The van der Waals surface area contributed by atoms with Crippen LogP contribution in [0.1, 0.15) is 23.7 Å². The second-order valence-corrected chi connectivity index (χ2v) is 7.06. The lowest BCUT2D eigenvalue weighted by atomic mass is 10.1. The Hall–Kier alpha value is -3.55. The highest BCUT2D eigenvalue weighted by Crippen LogP contribution is 2.25. The van der Waals surface area contributed by atoms with Crippen molar-refractivity contribution in [3.8, 4) is 11.3 Å². The fourth-order valence-electron chi connectivity index (χ4n) is 3.53. The van der Waals surface area contributed by atoms with Crippen LogP contribution in [-0.2, 0) is 11.2 Å². The molecule has 148 valence electrons. The number of halogens is 1. The Labute approximate surface area is 165 Å². The number of amides is 1. The molecule has 1 aliphatic rings. The van der Waals surface area contributed by atoms with Gasteiger partial charge in [-0.2, -0.15) is 0 Å². The molecular formula is C21H19FN4O3. The summed E-state index contributed by atoms with van der Waals surface area (Å²) < 4.78 is 13.0. The molecule has 1 fully saturated rings. The van der Waals surface area contributed by atoms with Gasteiger partial charge < -0.3 is 14.9 Å². The highest BCUT2D eigenvalue weighted by Gasteiger charge is 2.29. The van der Waals surface area contributed by atoms with Gasteiger partial charge in [-0.25, -0.2) is 9.37 Å². The highest BCUT2D eigenvalue weighted by molar-refractivity contribution is 5.79. The molecule has 7 nitrogen and oxygen atoms in total. The molecule has 1 saturated heterocycles. The highest BCUT2D eigenvalue weighted by atomic mass is 19.1. The minimum Gasteiger partial charge on any atom is -0.342 e. The fraction of sp³-hybridized carbons (Fsp3) is 0.238. The van der Waals surface area contributed by atoms with Crippen LogP contribution in [0.25, 0.3) is 11.3 Å². The third-order valence-corrected chi connectivity index (χ3v) is 5.05. The zero-order valence-electron chi connectivity index (χ0n) is 15.5. The van der Waals surface area contributed by atoms with E-state index in [2.05, 4.69) is 15.0 Å². The van der Waals surface area contributed by atoms with Crippen LogP contribution < -0.4 is 11.1 Å². The van der Waals surface area contributed by atoms with E-state index >= 15 is 0 Å². The molecule has 0 aliphatic carbocycles. The summed E-state index contributed by atoms with van der Waals surface area (Å²) in [5, 5.41) is 0. The minimum absolute atomic E-state index is 0.0582. The molecule has 1 aliphatic heterocycles. The summed E-state index contributed by atoms with van der Waals surface area (Å²) in [7, 11) is 0. The first-order chi connectivity index (χ1) is 14.0. The van der Waals surface area contributed by atoms with Crippen LogP contribution in [-0.4, -0.2) is 38.8 Å². The average Bonchev–Trinajstić information content (AvgIpc) is 3.20. The Morgan fingerprint density at radius 1 is 1.21 bits per heavy atom. The number of pyridine rings is 1. The topological polar surface area (TPSA) is 98.9 Å². The predicted octanol–water partition coefficient (Wildman–Crippen LogP) is 1.82. The molecule has 0 radical (unpaired) electrons. The third-order valence-electron chi connectivity index (χ3n) is 5.05. The van der Waals surface area contributed by atoms with Crippen LogP contribution in [0.2, 0.25) is 0 Å². The van der Waals surface area contributed by atoms with E-state index in [0.29, 0.717) is 36.6 Å². The van der Waals surface area contributed by atoms with Gasteiger partial charge in [0.25, 0.3) is 11.1 Å². The molecule has 0 saturated carbocycles. The van der Waals surface area contributed by atoms with Gasteiger partial charge in [-0.1, -0.05) is 12.1 Å². The summed E-state index contributed by atoms with van der Waals surface area (Å²) in [6.45, 7) is 0.974. The van der Waals surface area contributed by atoms with Crippen molar-refractivity contribution in [3.63, 3.8) is 0 Å². The standard InChI is InChI=1S/C21H19FN4O3/c22-15-5-3-13(4-6-15)10-19(28)26-9-7-14(12-26)20-24-17(11-18(27)25-20)16-2-1-8-23-21(16)29/h1-6,8,11,14H,7,9-10,12H2,(H,23,29)(H,24,25,27)/t14-/m0/s1. The lowest BCUT2D eigenvalue weighted by Crippen LogP contribution is -2.30. The summed E-state index contributed by atoms with van der Waals surface area (Å²) in [5.41, 5.74) is 0.712. The molecule has 0 spiro atoms. The second kappa shape index (κ2) is 7.83. The smallest absolute Gasteiger partial charge is 0.257 e. The van der Waals surface area contributed by atoms with Gasteiger partial charge in [0.1, 0.15) is 11.6 Å². The molecule has 1 atom stereocenters. The van der Waals surface area contributed by atoms with E-state index in [4.69, 9.17) is 0 Å². The van der Waals surface area contributed by atoms with Crippen molar-refractivity contribution in [1.82, 2.24) is 19.9 Å². The molecule has 2 aromatic heterocycles. The first-order valence-electron chi connectivity index (χ1n) is 9.31. The molecule has 3 aromatic rings. The molecule has 0 bridgehead atoms. The molecule has 4 rings (SSSR count). The van der Waals surface area contributed by atoms with Crippen molar-refractivity contribution in [2.45, 2.75) is 18.8 Å². The minimum atomic E-state index is -0.343. The maximum absolute atomic E-state index is 13.0. The summed E-state index contributed by atoms with van der Waals surface area (Å²) in [6.07, 6.45) is 2.37. The third kappa shape index (κ3) is 4.16. The fourth-order valence-corrected chi connectivity index (χ4v) is 3.53. The van der Waals surface area contributed by atoms with Crippen molar-refractivity contribution in [2.24, 2.45) is 0 Å². The van der Waals surface area contributed by atoms with Gasteiger partial charge in [-0.15, -0.1) is 0 Å². The summed E-state index contributed by atoms with van der Waals surface area (Å²) in [6, 6.07) is 10.4. The Kier molecular flexibility index (Phi) is 5.07. The van der Waals surface area contributed by atoms with Crippen LogP contribution in [0.15, 0.2) is 58.3 Å². The van der Waals surface area contributed by atoms with E-state index in [1.54, 1.807) is 29.2 Å². The molecule has 2 N–H and O–H groups in total. The Morgan fingerprint density at radius 3 is 2.76 bits per heavy atom. The van der Waals surface area contributed by atoms with E-state index in [1.807, 2.05) is 0 Å². The largest absolute Gasteiger partial charge is 0.342 e. The van der Waals surface area contributed by atoms with Crippen LogP contribution in [0.5, 0.6) is 0 Å². The van der Waals surface area contributed by atoms with Crippen LogP contribution in [0, 0.1) is 5.82 Å². The molecular weight excluding hydrogens is 375 g/mol. The van der Waals surface area contributed by atoms with Crippen molar-refractivity contribution in [3.05, 3.63) is 86.6 Å². The van der Waals surface area contributed by atoms with Crippen LogP contribution >= 0.6 is 0 Å². The number of aromatic amines is 2. The summed E-state index contributed by atoms with van der Waals surface area (Å²) in [4.78, 5) is 48.2. The number of aromatic nitrogens is 3. The molecule has 1 aromatic carbocycles. The van der Waals surface area contributed by atoms with Crippen LogP contribution in [0.4, 0.5) is 4.39 Å².